The van der Waals surface area contributed by atoms with Gasteiger partial charge in [-0.2, -0.15) is 0 Å². The molecule has 1 heterocycles. The zero-order valence-electron chi connectivity index (χ0n) is 15.1. The van der Waals surface area contributed by atoms with Crippen molar-refractivity contribution in [2.75, 3.05) is 13.1 Å². The van der Waals surface area contributed by atoms with Gasteiger partial charge in [-0.1, -0.05) is 12.8 Å². The van der Waals surface area contributed by atoms with Gasteiger partial charge in [0, 0.05) is 18.7 Å². The van der Waals surface area contributed by atoms with Gasteiger partial charge in [0.15, 0.2) is 0 Å². The van der Waals surface area contributed by atoms with E-state index >= 15 is 0 Å². The van der Waals surface area contributed by atoms with E-state index < -0.39 is 23.6 Å². The van der Waals surface area contributed by atoms with Crippen molar-refractivity contribution in [3.05, 3.63) is 35.4 Å². The van der Waals surface area contributed by atoms with Gasteiger partial charge in [0.05, 0.1) is 5.56 Å². The minimum absolute atomic E-state index is 0. The zero-order chi connectivity index (χ0) is 18.7. The number of nitrogens with one attached hydrogen (secondary N) is 1. The average molecular weight is 402 g/mol. The van der Waals surface area contributed by atoms with Crippen LogP contribution < -0.4 is 11.1 Å². The molecule has 8 heteroatoms. The van der Waals surface area contributed by atoms with Crippen molar-refractivity contribution in [2.24, 2.45) is 11.7 Å². The number of halogens is 3. The topological polar surface area (TPSA) is 75.4 Å². The van der Waals surface area contributed by atoms with E-state index in [0.717, 1.165) is 37.8 Å². The highest BCUT2D eigenvalue weighted by molar-refractivity contribution is 5.98. The predicted molar refractivity (Wildman–Crippen MR) is 101 cm³/mol. The predicted octanol–water partition coefficient (Wildman–Crippen LogP) is 2.62. The van der Waals surface area contributed by atoms with Gasteiger partial charge in [0.2, 0.25) is 5.91 Å². The summed E-state index contributed by atoms with van der Waals surface area (Å²) in [4.78, 5) is 27.2. The first-order valence-electron chi connectivity index (χ1n) is 9.28. The van der Waals surface area contributed by atoms with Gasteiger partial charge in [-0.05, 0) is 50.3 Å². The van der Waals surface area contributed by atoms with E-state index in [0.29, 0.717) is 32.0 Å². The fourth-order valence-corrected chi connectivity index (χ4v) is 4.22. The van der Waals surface area contributed by atoms with Crippen LogP contribution in [-0.4, -0.2) is 41.9 Å². The highest BCUT2D eigenvalue weighted by Gasteiger charge is 2.47. The van der Waals surface area contributed by atoms with E-state index in [4.69, 9.17) is 5.73 Å². The number of carbonyl (C=O) groups is 2. The number of hydrogen-bond acceptors (Lipinski definition) is 3. The summed E-state index contributed by atoms with van der Waals surface area (Å²) in [6, 6.07) is 2.26. The standard InChI is InChI=1S/C19H25F2N3O2.ClH/c20-13-6-7-14(15(21)11-13)19(26)24-16-5-2-1-4-12(16)10-17(24)18(25)23-9-3-8-22;/h6-7,11-12,16-17H,1-5,8-10,22H2,(H,23,25);1H. The molecule has 2 fully saturated rings. The number of hydrogen-bond donors (Lipinski definition) is 2. The summed E-state index contributed by atoms with van der Waals surface area (Å²) >= 11 is 0. The first-order chi connectivity index (χ1) is 12.5. The fraction of sp³-hybridized carbons (Fsp3) is 0.579. The summed E-state index contributed by atoms with van der Waals surface area (Å²) in [5.74, 6) is -2.12. The van der Waals surface area contributed by atoms with E-state index in [9.17, 15) is 18.4 Å². The largest absolute Gasteiger partial charge is 0.354 e. The first kappa shape index (κ1) is 21.6. The number of likely N-dealkylation sites (tertiary alicyclic amines) is 1. The summed E-state index contributed by atoms with van der Waals surface area (Å²) in [6.45, 7) is 0.924. The lowest BCUT2D eigenvalue weighted by molar-refractivity contribution is -0.125. The minimum Gasteiger partial charge on any atom is -0.354 e. The number of rotatable bonds is 5. The third kappa shape index (κ3) is 4.58. The van der Waals surface area contributed by atoms with Gasteiger partial charge in [0.1, 0.15) is 17.7 Å². The molecule has 3 atom stereocenters. The van der Waals surface area contributed by atoms with Crippen molar-refractivity contribution >= 4 is 24.2 Å². The van der Waals surface area contributed by atoms with Crippen molar-refractivity contribution in [2.45, 2.75) is 50.6 Å². The number of benzene rings is 1. The van der Waals surface area contributed by atoms with Gasteiger partial charge in [-0.3, -0.25) is 9.59 Å². The molecule has 1 aromatic rings. The van der Waals surface area contributed by atoms with Gasteiger partial charge in [-0.15, -0.1) is 12.4 Å². The Kier molecular flexibility index (Phi) is 7.56. The summed E-state index contributed by atoms with van der Waals surface area (Å²) in [7, 11) is 0. The van der Waals surface area contributed by atoms with E-state index in [2.05, 4.69) is 5.32 Å². The molecule has 1 saturated heterocycles. The molecule has 0 spiro atoms. The normalized spacial score (nSPS) is 24.1. The third-order valence-corrected chi connectivity index (χ3v) is 5.47. The van der Waals surface area contributed by atoms with Crippen LogP contribution in [0.5, 0.6) is 0 Å². The molecule has 1 aliphatic heterocycles. The van der Waals surface area contributed by atoms with E-state index in [-0.39, 0.29) is 35.8 Å². The number of carbonyl (C=O) groups excluding carboxylic acids is 2. The molecule has 27 heavy (non-hydrogen) atoms. The minimum atomic E-state index is -0.892. The Morgan fingerprint density at radius 1 is 1.22 bits per heavy atom. The van der Waals surface area contributed by atoms with E-state index in [1.807, 2.05) is 0 Å². The lowest BCUT2D eigenvalue weighted by Crippen LogP contribution is -2.50. The lowest BCUT2D eigenvalue weighted by atomic mass is 9.84. The second kappa shape index (κ2) is 9.46. The molecule has 0 radical (unpaired) electrons. The number of amides is 2. The second-order valence-corrected chi connectivity index (χ2v) is 7.13. The fourth-order valence-electron chi connectivity index (χ4n) is 4.22. The summed E-state index contributed by atoms with van der Waals surface area (Å²) in [6.07, 6.45) is 5.09. The second-order valence-electron chi connectivity index (χ2n) is 7.13. The molecule has 0 aromatic heterocycles. The average Bonchev–Trinajstić information content (AvgIpc) is 3.01. The molecule has 0 bridgehead atoms. The third-order valence-electron chi connectivity index (χ3n) is 5.47. The molecule has 150 valence electrons. The molecule has 1 aliphatic carbocycles. The van der Waals surface area contributed by atoms with Crippen molar-refractivity contribution in [1.82, 2.24) is 10.2 Å². The smallest absolute Gasteiger partial charge is 0.257 e. The van der Waals surface area contributed by atoms with Crippen LogP contribution in [0.3, 0.4) is 0 Å². The Morgan fingerprint density at radius 2 is 1.96 bits per heavy atom. The van der Waals surface area contributed by atoms with Gasteiger partial charge < -0.3 is 16.0 Å². The highest BCUT2D eigenvalue weighted by Crippen LogP contribution is 2.40. The molecule has 3 N–H and O–H groups in total. The van der Waals surface area contributed by atoms with Crippen LogP contribution in [0.25, 0.3) is 0 Å². The Bertz CT molecular complexity index is 689. The Balaban J connectivity index is 0.00000261. The molecule has 3 rings (SSSR count). The zero-order valence-corrected chi connectivity index (χ0v) is 15.9. The Morgan fingerprint density at radius 3 is 2.67 bits per heavy atom. The van der Waals surface area contributed by atoms with Crippen molar-refractivity contribution in [3.8, 4) is 0 Å². The van der Waals surface area contributed by atoms with Gasteiger partial charge >= 0.3 is 0 Å². The summed E-state index contributed by atoms with van der Waals surface area (Å²) in [5, 5.41) is 2.83. The van der Waals surface area contributed by atoms with E-state index in [1.165, 1.54) is 4.90 Å². The van der Waals surface area contributed by atoms with Crippen LogP contribution >= 0.6 is 12.4 Å². The number of nitrogens with zero attached hydrogens (tertiary/aromatic N) is 1. The maximum absolute atomic E-state index is 14.2. The molecular weight excluding hydrogens is 376 g/mol. The highest BCUT2D eigenvalue weighted by atomic mass is 35.5. The molecule has 1 aromatic carbocycles. The monoisotopic (exact) mass is 401 g/mol. The van der Waals surface area contributed by atoms with Crippen LogP contribution in [0.2, 0.25) is 0 Å². The molecule has 5 nitrogen and oxygen atoms in total. The summed E-state index contributed by atoms with van der Waals surface area (Å²) < 4.78 is 27.3. The molecule has 1 saturated carbocycles. The Hall–Kier alpha value is -1.73. The van der Waals surface area contributed by atoms with E-state index in [1.54, 1.807) is 0 Å². The molecule has 3 unspecified atom stereocenters. The first-order valence-corrected chi connectivity index (χ1v) is 9.28. The summed E-state index contributed by atoms with van der Waals surface area (Å²) in [5.41, 5.74) is 5.27. The lowest BCUT2D eigenvalue weighted by Gasteiger charge is -2.33. The number of nitrogens with two attached hydrogens (primary N) is 1. The van der Waals surface area contributed by atoms with Crippen LogP contribution in [0.4, 0.5) is 8.78 Å². The molecule has 2 aliphatic rings. The maximum Gasteiger partial charge on any atom is 0.257 e. The van der Waals surface area contributed by atoms with Crippen LogP contribution in [0, 0.1) is 17.6 Å². The quantitative estimate of drug-likeness (QED) is 0.745. The van der Waals surface area contributed by atoms with Crippen LogP contribution in [0.1, 0.15) is 48.9 Å². The van der Waals surface area contributed by atoms with Crippen LogP contribution in [-0.2, 0) is 4.79 Å². The van der Waals surface area contributed by atoms with Gasteiger partial charge in [-0.25, -0.2) is 8.78 Å². The van der Waals surface area contributed by atoms with Crippen molar-refractivity contribution < 1.29 is 18.4 Å². The number of fused-ring (bicyclic) bond motifs is 1. The Labute approximate surface area is 164 Å². The van der Waals surface area contributed by atoms with Crippen molar-refractivity contribution in [1.29, 1.82) is 0 Å². The van der Waals surface area contributed by atoms with Crippen molar-refractivity contribution in [3.63, 3.8) is 0 Å². The maximum atomic E-state index is 14.2. The molecule has 2 amide bonds. The SMILES string of the molecule is Cl.NCCCNC(=O)C1CC2CCCCC2N1C(=O)c1ccc(F)cc1F. The van der Waals surface area contributed by atoms with Crippen LogP contribution in [0.15, 0.2) is 18.2 Å². The molecular formula is C19H26ClF2N3O2. The van der Waals surface area contributed by atoms with Gasteiger partial charge in [0.25, 0.3) is 5.91 Å².